The van der Waals surface area contributed by atoms with E-state index in [1.165, 1.54) is 38.3 Å². The zero-order chi connectivity index (χ0) is 12.8. The van der Waals surface area contributed by atoms with Crippen LogP contribution in [0.2, 0.25) is 0 Å². The molecule has 0 aliphatic carbocycles. The van der Waals surface area contributed by atoms with Gasteiger partial charge in [-0.05, 0) is 45.7 Å². The Bertz CT molecular complexity index is 329. The lowest BCUT2D eigenvalue weighted by Gasteiger charge is -2.36. The van der Waals surface area contributed by atoms with Crippen LogP contribution >= 0.6 is 0 Å². The Morgan fingerprint density at radius 2 is 1.67 bits per heavy atom. The third kappa shape index (κ3) is 4.00. The maximum Gasteiger partial charge on any atom is 0.0367 e. The summed E-state index contributed by atoms with van der Waals surface area (Å²) in [4.78, 5) is 7.34. The number of anilines is 1. The zero-order valence-corrected chi connectivity index (χ0v) is 11.7. The summed E-state index contributed by atoms with van der Waals surface area (Å²) in [7, 11) is 4.29. The third-order valence-electron chi connectivity index (χ3n) is 3.57. The highest BCUT2D eigenvalue weighted by Crippen LogP contribution is 2.15. The lowest BCUT2D eigenvalue weighted by atomic mass is 10.2. The van der Waals surface area contributed by atoms with E-state index in [-0.39, 0.29) is 0 Å². The number of hydrogen-bond donors (Lipinski definition) is 0. The number of nitrogens with zero attached hydrogens (tertiary/aromatic N) is 3. The number of piperazine rings is 1. The molecule has 0 amide bonds. The van der Waals surface area contributed by atoms with Crippen LogP contribution in [0.1, 0.15) is 6.42 Å². The van der Waals surface area contributed by atoms with Gasteiger partial charge in [0, 0.05) is 31.9 Å². The van der Waals surface area contributed by atoms with Gasteiger partial charge in [0.25, 0.3) is 0 Å². The summed E-state index contributed by atoms with van der Waals surface area (Å²) in [5.74, 6) is 0. The second kappa shape index (κ2) is 6.76. The molecule has 1 aliphatic heterocycles. The van der Waals surface area contributed by atoms with Crippen LogP contribution in [0.5, 0.6) is 0 Å². The normalized spacial score (nSPS) is 17.4. The predicted molar refractivity (Wildman–Crippen MR) is 78.3 cm³/mol. The zero-order valence-electron chi connectivity index (χ0n) is 11.7. The fourth-order valence-electron chi connectivity index (χ4n) is 2.48. The molecule has 1 aromatic rings. The Hall–Kier alpha value is -1.06. The van der Waals surface area contributed by atoms with E-state index in [1.54, 1.807) is 0 Å². The van der Waals surface area contributed by atoms with Gasteiger partial charge in [-0.15, -0.1) is 0 Å². The van der Waals surface area contributed by atoms with Crippen molar-refractivity contribution in [2.45, 2.75) is 6.42 Å². The molecule has 1 saturated heterocycles. The topological polar surface area (TPSA) is 9.72 Å². The van der Waals surface area contributed by atoms with Gasteiger partial charge < -0.3 is 9.80 Å². The molecule has 0 atom stereocenters. The summed E-state index contributed by atoms with van der Waals surface area (Å²) >= 11 is 0. The van der Waals surface area contributed by atoms with E-state index in [2.05, 4.69) is 59.1 Å². The van der Waals surface area contributed by atoms with Gasteiger partial charge in [-0.1, -0.05) is 18.2 Å². The van der Waals surface area contributed by atoms with Crippen LogP contribution in [0.15, 0.2) is 30.3 Å². The second-order valence-corrected chi connectivity index (χ2v) is 5.32. The molecule has 0 N–H and O–H groups in total. The average molecular weight is 247 g/mol. The van der Waals surface area contributed by atoms with Crippen molar-refractivity contribution in [3.63, 3.8) is 0 Å². The highest BCUT2D eigenvalue weighted by atomic mass is 15.3. The average Bonchev–Trinajstić information content (AvgIpc) is 2.40. The fraction of sp³-hybridized carbons (Fsp3) is 0.600. The van der Waals surface area contributed by atoms with E-state index in [0.717, 1.165) is 13.1 Å². The highest BCUT2D eigenvalue weighted by molar-refractivity contribution is 5.46. The molecule has 1 aromatic carbocycles. The van der Waals surface area contributed by atoms with Crippen LogP contribution in [-0.4, -0.2) is 63.2 Å². The molecule has 0 aromatic heterocycles. The van der Waals surface area contributed by atoms with Crippen molar-refractivity contribution in [1.29, 1.82) is 0 Å². The van der Waals surface area contributed by atoms with Crippen molar-refractivity contribution < 1.29 is 0 Å². The van der Waals surface area contributed by atoms with Crippen molar-refractivity contribution in [2.75, 3.05) is 58.3 Å². The molecule has 0 unspecified atom stereocenters. The van der Waals surface area contributed by atoms with E-state index in [1.807, 2.05) is 0 Å². The van der Waals surface area contributed by atoms with E-state index in [0.29, 0.717) is 0 Å². The molecule has 1 aliphatic rings. The molecule has 3 heteroatoms. The van der Waals surface area contributed by atoms with Gasteiger partial charge >= 0.3 is 0 Å². The summed E-state index contributed by atoms with van der Waals surface area (Å²) in [5.41, 5.74) is 1.37. The van der Waals surface area contributed by atoms with Crippen molar-refractivity contribution in [1.82, 2.24) is 9.80 Å². The van der Waals surface area contributed by atoms with Crippen molar-refractivity contribution >= 4 is 5.69 Å². The van der Waals surface area contributed by atoms with Crippen molar-refractivity contribution in [2.24, 2.45) is 0 Å². The summed E-state index contributed by atoms with van der Waals surface area (Å²) in [6.07, 6.45) is 1.28. The van der Waals surface area contributed by atoms with Gasteiger partial charge in [0.15, 0.2) is 0 Å². The van der Waals surface area contributed by atoms with E-state index >= 15 is 0 Å². The minimum atomic E-state index is 1.16. The second-order valence-electron chi connectivity index (χ2n) is 5.32. The SMILES string of the molecule is CN(C)CCCN1CCN(c2ccccc2)CC1. The number of benzene rings is 1. The first-order valence-electron chi connectivity index (χ1n) is 6.93. The van der Waals surface area contributed by atoms with Crippen LogP contribution in [0, 0.1) is 0 Å². The first-order chi connectivity index (χ1) is 8.75. The Kier molecular flexibility index (Phi) is 5.02. The van der Waals surface area contributed by atoms with Gasteiger partial charge in [-0.25, -0.2) is 0 Å². The Labute approximate surface area is 111 Å². The van der Waals surface area contributed by atoms with Crippen LogP contribution < -0.4 is 4.90 Å². The van der Waals surface area contributed by atoms with E-state index < -0.39 is 0 Å². The predicted octanol–water partition coefficient (Wildman–Crippen LogP) is 1.76. The lowest BCUT2D eigenvalue weighted by molar-refractivity contribution is 0.242. The monoisotopic (exact) mass is 247 g/mol. The molecule has 0 radical (unpaired) electrons. The molecule has 3 nitrogen and oxygen atoms in total. The first-order valence-corrected chi connectivity index (χ1v) is 6.93. The maximum atomic E-state index is 2.59. The first kappa shape index (κ1) is 13.4. The maximum absolute atomic E-state index is 2.59. The Balaban J connectivity index is 1.71. The van der Waals surface area contributed by atoms with Gasteiger partial charge in [0.1, 0.15) is 0 Å². The van der Waals surface area contributed by atoms with E-state index in [9.17, 15) is 0 Å². The fourth-order valence-corrected chi connectivity index (χ4v) is 2.48. The molecule has 100 valence electrons. The number of para-hydroxylation sites is 1. The van der Waals surface area contributed by atoms with Gasteiger partial charge in [0.2, 0.25) is 0 Å². The summed E-state index contributed by atoms with van der Waals surface area (Å²) in [6, 6.07) is 10.8. The standard InChI is InChI=1S/C15H25N3/c1-16(2)9-6-10-17-11-13-18(14-12-17)15-7-4-3-5-8-15/h3-5,7-8H,6,9-14H2,1-2H3. The molecule has 0 saturated carbocycles. The van der Waals surface area contributed by atoms with Gasteiger partial charge in [-0.2, -0.15) is 0 Å². The minimum Gasteiger partial charge on any atom is -0.369 e. The van der Waals surface area contributed by atoms with Crippen LogP contribution in [0.25, 0.3) is 0 Å². The van der Waals surface area contributed by atoms with Crippen molar-refractivity contribution in [3.8, 4) is 0 Å². The number of rotatable bonds is 5. The van der Waals surface area contributed by atoms with Gasteiger partial charge in [-0.3, -0.25) is 4.90 Å². The Morgan fingerprint density at radius 1 is 1.00 bits per heavy atom. The smallest absolute Gasteiger partial charge is 0.0367 e. The largest absolute Gasteiger partial charge is 0.369 e. The summed E-state index contributed by atoms with van der Waals surface area (Å²) in [6.45, 7) is 7.14. The van der Waals surface area contributed by atoms with Gasteiger partial charge in [0.05, 0.1) is 0 Å². The lowest BCUT2D eigenvalue weighted by Crippen LogP contribution is -2.46. The molecule has 1 fully saturated rings. The molecular weight excluding hydrogens is 222 g/mol. The quantitative estimate of drug-likeness (QED) is 0.785. The van der Waals surface area contributed by atoms with E-state index in [4.69, 9.17) is 0 Å². The van der Waals surface area contributed by atoms with Crippen LogP contribution in [0.4, 0.5) is 5.69 Å². The third-order valence-corrected chi connectivity index (χ3v) is 3.57. The summed E-state index contributed by atoms with van der Waals surface area (Å²) in [5, 5.41) is 0. The Morgan fingerprint density at radius 3 is 2.28 bits per heavy atom. The molecule has 2 rings (SSSR count). The summed E-state index contributed by atoms with van der Waals surface area (Å²) < 4.78 is 0. The molecule has 0 bridgehead atoms. The minimum absolute atomic E-state index is 1.16. The molecular formula is C15H25N3. The van der Waals surface area contributed by atoms with Crippen LogP contribution in [0.3, 0.4) is 0 Å². The molecule has 1 heterocycles. The van der Waals surface area contributed by atoms with Crippen LogP contribution in [-0.2, 0) is 0 Å². The molecule has 0 spiro atoms. The van der Waals surface area contributed by atoms with Crippen molar-refractivity contribution in [3.05, 3.63) is 30.3 Å². The highest BCUT2D eigenvalue weighted by Gasteiger charge is 2.16. The molecule has 18 heavy (non-hydrogen) atoms. The number of hydrogen-bond acceptors (Lipinski definition) is 3.